The number of nitrogens with zero attached hydrogens (tertiary/aromatic N) is 2. The summed E-state index contributed by atoms with van der Waals surface area (Å²) in [5.74, 6) is 1.13. The molecule has 0 aromatic carbocycles. The molecule has 1 spiro atoms. The Morgan fingerprint density at radius 1 is 1.30 bits per heavy atom. The summed E-state index contributed by atoms with van der Waals surface area (Å²) >= 11 is 0. The van der Waals surface area contributed by atoms with Crippen molar-refractivity contribution in [3.8, 4) is 0 Å². The van der Waals surface area contributed by atoms with Crippen LogP contribution >= 0.6 is 0 Å². The van der Waals surface area contributed by atoms with Crippen molar-refractivity contribution in [1.82, 2.24) is 10.2 Å². The minimum absolute atomic E-state index is 0.656. The summed E-state index contributed by atoms with van der Waals surface area (Å²) in [7, 11) is 1.92. The van der Waals surface area contributed by atoms with E-state index in [4.69, 9.17) is 0 Å². The molecule has 0 radical (unpaired) electrons. The fourth-order valence-electron chi connectivity index (χ4n) is 4.00. The van der Waals surface area contributed by atoms with E-state index in [9.17, 15) is 0 Å². The SMILES string of the molecule is CN=C(NCCC1=CCCCC1)N1CCC2(CCC2)C1. The zero-order valence-corrected chi connectivity index (χ0v) is 13.0. The van der Waals surface area contributed by atoms with Crippen LogP contribution in [-0.2, 0) is 0 Å². The van der Waals surface area contributed by atoms with Crippen molar-refractivity contribution in [2.45, 2.75) is 57.8 Å². The molecule has 1 N–H and O–H groups in total. The number of allylic oxidation sites excluding steroid dienone is 1. The van der Waals surface area contributed by atoms with Gasteiger partial charge in [-0.05, 0) is 56.8 Å². The van der Waals surface area contributed by atoms with E-state index in [1.54, 1.807) is 5.57 Å². The molecule has 1 saturated carbocycles. The fraction of sp³-hybridized carbons (Fsp3) is 0.824. The van der Waals surface area contributed by atoms with Crippen LogP contribution in [0.15, 0.2) is 16.6 Å². The van der Waals surface area contributed by atoms with Gasteiger partial charge >= 0.3 is 0 Å². The second-order valence-electron chi connectivity index (χ2n) is 6.86. The molecule has 0 aromatic rings. The van der Waals surface area contributed by atoms with Gasteiger partial charge in [-0.1, -0.05) is 18.1 Å². The van der Waals surface area contributed by atoms with E-state index >= 15 is 0 Å². The molecule has 2 aliphatic carbocycles. The van der Waals surface area contributed by atoms with Gasteiger partial charge in [-0.15, -0.1) is 0 Å². The Labute approximate surface area is 123 Å². The zero-order valence-electron chi connectivity index (χ0n) is 13.0. The van der Waals surface area contributed by atoms with Crippen LogP contribution in [0.5, 0.6) is 0 Å². The number of aliphatic imine (C=N–C) groups is 1. The second-order valence-corrected chi connectivity index (χ2v) is 6.86. The highest BCUT2D eigenvalue weighted by Gasteiger charge is 2.43. The molecule has 0 aromatic heterocycles. The Bertz CT molecular complexity index is 393. The van der Waals surface area contributed by atoms with E-state index in [1.165, 1.54) is 70.9 Å². The van der Waals surface area contributed by atoms with Gasteiger partial charge in [0.25, 0.3) is 0 Å². The molecule has 1 aliphatic heterocycles. The third-order valence-corrected chi connectivity index (χ3v) is 5.48. The lowest BCUT2D eigenvalue weighted by Gasteiger charge is -2.38. The van der Waals surface area contributed by atoms with Gasteiger partial charge < -0.3 is 10.2 Å². The number of hydrogen-bond donors (Lipinski definition) is 1. The Morgan fingerprint density at radius 3 is 2.80 bits per heavy atom. The van der Waals surface area contributed by atoms with Gasteiger partial charge in [0.1, 0.15) is 0 Å². The molecule has 3 heteroatoms. The molecular formula is C17H29N3. The predicted molar refractivity (Wildman–Crippen MR) is 85.0 cm³/mol. The van der Waals surface area contributed by atoms with Gasteiger partial charge in [-0.3, -0.25) is 4.99 Å². The first-order valence-corrected chi connectivity index (χ1v) is 8.45. The highest BCUT2D eigenvalue weighted by atomic mass is 15.3. The van der Waals surface area contributed by atoms with E-state index in [0.29, 0.717) is 5.41 Å². The molecule has 0 amide bonds. The minimum atomic E-state index is 0.656. The molecule has 112 valence electrons. The van der Waals surface area contributed by atoms with Gasteiger partial charge in [-0.2, -0.15) is 0 Å². The molecule has 0 unspecified atom stereocenters. The lowest BCUT2D eigenvalue weighted by atomic mass is 9.68. The molecule has 3 aliphatic rings. The van der Waals surface area contributed by atoms with Crippen LogP contribution in [0, 0.1) is 5.41 Å². The number of rotatable bonds is 3. The van der Waals surface area contributed by atoms with Crippen LogP contribution in [0.25, 0.3) is 0 Å². The van der Waals surface area contributed by atoms with Crippen molar-refractivity contribution < 1.29 is 0 Å². The molecule has 0 bridgehead atoms. The Hall–Kier alpha value is -0.990. The Morgan fingerprint density at radius 2 is 2.20 bits per heavy atom. The Balaban J connectivity index is 1.44. The van der Waals surface area contributed by atoms with Gasteiger partial charge in [0.2, 0.25) is 0 Å². The number of nitrogens with one attached hydrogen (secondary N) is 1. The summed E-state index contributed by atoms with van der Waals surface area (Å²) in [6.07, 6.45) is 14.7. The smallest absolute Gasteiger partial charge is 0.193 e. The van der Waals surface area contributed by atoms with Crippen molar-refractivity contribution in [2.75, 3.05) is 26.7 Å². The average Bonchev–Trinajstić information content (AvgIpc) is 2.90. The maximum Gasteiger partial charge on any atom is 0.193 e. The zero-order chi connectivity index (χ0) is 13.8. The summed E-state index contributed by atoms with van der Waals surface area (Å²) < 4.78 is 0. The predicted octanol–water partition coefficient (Wildman–Crippen LogP) is 3.33. The van der Waals surface area contributed by atoms with E-state index in [0.717, 1.165) is 12.5 Å². The van der Waals surface area contributed by atoms with Crippen LogP contribution in [-0.4, -0.2) is 37.5 Å². The largest absolute Gasteiger partial charge is 0.356 e. The van der Waals surface area contributed by atoms with E-state index in [2.05, 4.69) is 21.3 Å². The quantitative estimate of drug-likeness (QED) is 0.486. The third kappa shape index (κ3) is 3.02. The third-order valence-electron chi connectivity index (χ3n) is 5.48. The lowest BCUT2D eigenvalue weighted by Crippen LogP contribution is -2.42. The maximum atomic E-state index is 4.49. The highest BCUT2D eigenvalue weighted by molar-refractivity contribution is 5.80. The van der Waals surface area contributed by atoms with E-state index in [1.807, 2.05) is 7.05 Å². The van der Waals surface area contributed by atoms with Crippen LogP contribution in [0.3, 0.4) is 0 Å². The summed E-state index contributed by atoms with van der Waals surface area (Å²) in [5.41, 5.74) is 2.31. The first-order chi connectivity index (χ1) is 9.81. The fourth-order valence-corrected chi connectivity index (χ4v) is 4.00. The van der Waals surface area contributed by atoms with Gasteiger partial charge in [0.05, 0.1) is 0 Å². The molecule has 20 heavy (non-hydrogen) atoms. The first kappa shape index (κ1) is 14.0. The molecule has 3 nitrogen and oxygen atoms in total. The first-order valence-electron chi connectivity index (χ1n) is 8.45. The van der Waals surface area contributed by atoms with Crippen LogP contribution in [0.2, 0.25) is 0 Å². The minimum Gasteiger partial charge on any atom is -0.356 e. The number of guanidine groups is 1. The highest BCUT2D eigenvalue weighted by Crippen LogP contribution is 2.47. The van der Waals surface area contributed by atoms with E-state index < -0.39 is 0 Å². The van der Waals surface area contributed by atoms with Crippen molar-refractivity contribution in [3.05, 3.63) is 11.6 Å². The summed E-state index contributed by atoms with van der Waals surface area (Å²) in [6.45, 7) is 3.47. The maximum absolute atomic E-state index is 4.49. The standard InChI is InChI=1S/C17H29N3/c1-18-16(19-12-8-15-6-3-2-4-7-15)20-13-11-17(14-20)9-5-10-17/h6H,2-5,7-14H2,1H3,(H,18,19). The van der Waals surface area contributed by atoms with Crippen molar-refractivity contribution in [1.29, 1.82) is 0 Å². The van der Waals surface area contributed by atoms with Crippen LogP contribution in [0.1, 0.15) is 57.8 Å². The van der Waals surface area contributed by atoms with E-state index in [-0.39, 0.29) is 0 Å². The van der Waals surface area contributed by atoms with Gasteiger partial charge in [-0.25, -0.2) is 0 Å². The second kappa shape index (κ2) is 6.19. The monoisotopic (exact) mass is 275 g/mol. The molecule has 1 heterocycles. The normalized spacial score (nSPS) is 25.6. The summed E-state index contributed by atoms with van der Waals surface area (Å²) in [4.78, 5) is 6.97. The molecule has 1 saturated heterocycles. The van der Waals surface area contributed by atoms with Crippen LogP contribution < -0.4 is 5.32 Å². The van der Waals surface area contributed by atoms with Crippen molar-refractivity contribution in [2.24, 2.45) is 10.4 Å². The molecular weight excluding hydrogens is 246 g/mol. The molecule has 0 atom stereocenters. The average molecular weight is 275 g/mol. The Kier molecular flexibility index (Phi) is 4.32. The van der Waals surface area contributed by atoms with Crippen LogP contribution in [0.4, 0.5) is 0 Å². The lowest BCUT2D eigenvalue weighted by molar-refractivity contribution is 0.151. The summed E-state index contributed by atoms with van der Waals surface area (Å²) in [6, 6.07) is 0. The molecule has 3 rings (SSSR count). The number of hydrogen-bond acceptors (Lipinski definition) is 1. The van der Waals surface area contributed by atoms with Crippen molar-refractivity contribution >= 4 is 5.96 Å². The van der Waals surface area contributed by atoms with Crippen molar-refractivity contribution in [3.63, 3.8) is 0 Å². The summed E-state index contributed by atoms with van der Waals surface area (Å²) in [5, 5.41) is 3.58. The molecule has 2 fully saturated rings. The van der Waals surface area contributed by atoms with Gasteiger partial charge in [0, 0.05) is 26.7 Å². The van der Waals surface area contributed by atoms with Gasteiger partial charge in [0.15, 0.2) is 5.96 Å². The number of likely N-dealkylation sites (tertiary alicyclic amines) is 1. The topological polar surface area (TPSA) is 27.6 Å².